The largest absolute Gasteiger partial charge is 0.333 e. The molecule has 0 spiro atoms. The van der Waals surface area contributed by atoms with Gasteiger partial charge in [0.05, 0.1) is 17.5 Å². The molecule has 1 aliphatic rings. The fraction of sp³-hybridized carbons (Fsp3) is 0.471. The highest BCUT2D eigenvalue weighted by Crippen LogP contribution is 2.27. The van der Waals surface area contributed by atoms with Crippen molar-refractivity contribution in [2.45, 2.75) is 40.5 Å². The van der Waals surface area contributed by atoms with Gasteiger partial charge in [-0.1, -0.05) is 44.9 Å². The molecule has 0 saturated carbocycles. The molecule has 1 aromatic rings. The Hall–Kier alpha value is -2.17. The molecule has 2 amide bonds. The van der Waals surface area contributed by atoms with Crippen molar-refractivity contribution >= 4 is 17.8 Å². The molecule has 1 heterocycles. The molecule has 0 bridgehead atoms. The van der Waals surface area contributed by atoms with Crippen molar-refractivity contribution in [2.24, 2.45) is 11.3 Å². The first-order chi connectivity index (χ1) is 10.2. The number of amides is 2. The van der Waals surface area contributed by atoms with Crippen LogP contribution in [0.2, 0.25) is 0 Å². The molecule has 1 atom stereocenters. The van der Waals surface area contributed by atoms with Crippen LogP contribution in [0.5, 0.6) is 0 Å². The van der Waals surface area contributed by atoms with Crippen LogP contribution in [0, 0.1) is 11.3 Å². The number of imide groups is 1. The number of benzene rings is 1. The Balaban J connectivity index is 1.99. The Morgan fingerprint density at radius 2 is 1.64 bits per heavy atom. The van der Waals surface area contributed by atoms with E-state index >= 15 is 0 Å². The summed E-state index contributed by atoms with van der Waals surface area (Å²) in [6.45, 7) is 8.24. The first-order valence-corrected chi connectivity index (χ1v) is 7.37. The highest BCUT2D eigenvalue weighted by Gasteiger charge is 2.38. The second kappa shape index (κ2) is 5.91. The minimum Gasteiger partial charge on any atom is -0.330 e. The normalized spacial score (nSPS) is 15.7. The zero-order valence-corrected chi connectivity index (χ0v) is 13.4. The summed E-state index contributed by atoms with van der Waals surface area (Å²) in [5.41, 5.74) is 0.640. The fourth-order valence-electron chi connectivity index (χ4n) is 2.79. The lowest BCUT2D eigenvalue weighted by molar-refractivity contribution is -0.169. The Labute approximate surface area is 130 Å². The maximum Gasteiger partial charge on any atom is 0.333 e. The molecule has 1 unspecified atom stereocenters. The Morgan fingerprint density at radius 1 is 1.14 bits per heavy atom. The van der Waals surface area contributed by atoms with Crippen molar-refractivity contribution in [1.29, 1.82) is 0 Å². The molecule has 0 aromatic heterocycles. The van der Waals surface area contributed by atoms with Crippen molar-refractivity contribution in [3.05, 3.63) is 35.4 Å². The molecular formula is C17H21NO4. The van der Waals surface area contributed by atoms with E-state index in [9.17, 15) is 14.4 Å². The van der Waals surface area contributed by atoms with Crippen LogP contribution >= 0.6 is 0 Å². The SMILES string of the molecule is CC(CC(=O)ON1C(=O)c2ccccc2C1=O)CC(C)(C)C. The zero-order valence-electron chi connectivity index (χ0n) is 13.4. The molecule has 0 radical (unpaired) electrons. The van der Waals surface area contributed by atoms with Crippen LogP contribution in [0.15, 0.2) is 24.3 Å². The van der Waals surface area contributed by atoms with Crippen molar-refractivity contribution in [1.82, 2.24) is 5.06 Å². The summed E-state index contributed by atoms with van der Waals surface area (Å²) < 4.78 is 0. The maximum atomic E-state index is 12.1. The van der Waals surface area contributed by atoms with Crippen LogP contribution in [0.25, 0.3) is 0 Å². The highest BCUT2D eigenvalue weighted by atomic mass is 16.7. The van der Waals surface area contributed by atoms with Crippen LogP contribution in [0.3, 0.4) is 0 Å². The Bertz CT molecular complexity index is 580. The van der Waals surface area contributed by atoms with Gasteiger partial charge in [0, 0.05) is 0 Å². The predicted octanol–water partition coefficient (Wildman–Crippen LogP) is 3.20. The van der Waals surface area contributed by atoms with E-state index in [1.54, 1.807) is 24.3 Å². The van der Waals surface area contributed by atoms with Crippen molar-refractivity contribution in [3.63, 3.8) is 0 Å². The lowest BCUT2D eigenvalue weighted by Crippen LogP contribution is -2.33. The highest BCUT2D eigenvalue weighted by molar-refractivity contribution is 6.20. The third-order valence-corrected chi connectivity index (χ3v) is 3.43. The van der Waals surface area contributed by atoms with Crippen molar-refractivity contribution < 1.29 is 19.2 Å². The van der Waals surface area contributed by atoms with E-state index in [0.29, 0.717) is 5.06 Å². The zero-order chi connectivity index (χ0) is 16.5. The molecule has 0 aliphatic carbocycles. The molecule has 1 aromatic carbocycles. The smallest absolute Gasteiger partial charge is 0.330 e. The van der Waals surface area contributed by atoms with Crippen LogP contribution in [-0.2, 0) is 9.63 Å². The van der Waals surface area contributed by atoms with Gasteiger partial charge in [-0.2, -0.15) is 0 Å². The van der Waals surface area contributed by atoms with Gasteiger partial charge in [-0.25, -0.2) is 4.79 Å². The van der Waals surface area contributed by atoms with Crippen LogP contribution in [-0.4, -0.2) is 22.8 Å². The minimum atomic E-state index is -0.586. The third kappa shape index (κ3) is 3.53. The number of carbonyl (C=O) groups excluding carboxylic acids is 3. The molecule has 2 rings (SSSR count). The molecule has 1 aliphatic heterocycles. The van der Waals surface area contributed by atoms with Crippen molar-refractivity contribution in [2.75, 3.05) is 0 Å². The lowest BCUT2D eigenvalue weighted by Gasteiger charge is -2.23. The van der Waals surface area contributed by atoms with E-state index in [1.807, 2.05) is 6.92 Å². The molecule has 5 heteroatoms. The van der Waals surface area contributed by atoms with E-state index in [0.717, 1.165) is 6.42 Å². The van der Waals surface area contributed by atoms with Gasteiger partial charge in [0.25, 0.3) is 11.8 Å². The van der Waals surface area contributed by atoms with Gasteiger partial charge in [0.2, 0.25) is 0 Å². The van der Waals surface area contributed by atoms with E-state index in [1.165, 1.54) is 0 Å². The summed E-state index contributed by atoms with van der Waals surface area (Å²) in [5.74, 6) is -1.62. The quantitative estimate of drug-likeness (QED) is 0.801. The van der Waals surface area contributed by atoms with Gasteiger partial charge in [-0.05, 0) is 29.9 Å². The standard InChI is InChI=1S/C17H21NO4/c1-11(10-17(2,3)4)9-14(19)22-18-15(20)12-7-5-6-8-13(12)16(18)21/h5-8,11H,9-10H2,1-4H3. The van der Waals surface area contributed by atoms with Gasteiger partial charge in [0.1, 0.15) is 0 Å². The molecule has 0 N–H and O–H groups in total. The van der Waals surface area contributed by atoms with E-state index in [-0.39, 0.29) is 28.9 Å². The second-order valence-corrected chi connectivity index (χ2v) is 6.99. The van der Waals surface area contributed by atoms with E-state index in [4.69, 9.17) is 4.84 Å². The second-order valence-electron chi connectivity index (χ2n) is 6.99. The molecule has 0 fully saturated rings. The van der Waals surface area contributed by atoms with E-state index < -0.39 is 17.8 Å². The van der Waals surface area contributed by atoms with Crippen LogP contribution < -0.4 is 0 Å². The number of fused-ring (bicyclic) bond motifs is 1. The molecule has 22 heavy (non-hydrogen) atoms. The third-order valence-electron chi connectivity index (χ3n) is 3.43. The predicted molar refractivity (Wildman–Crippen MR) is 80.9 cm³/mol. The summed E-state index contributed by atoms with van der Waals surface area (Å²) in [6, 6.07) is 6.43. The minimum absolute atomic E-state index is 0.106. The fourth-order valence-corrected chi connectivity index (χ4v) is 2.79. The molecule has 0 saturated heterocycles. The van der Waals surface area contributed by atoms with Crippen LogP contribution in [0.4, 0.5) is 0 Å². The van der Waals surface area contributed by atoms with Gasteiger partial charge in [-0.3, -0.25) is 9.59 Å². The van der Waals surface area contributed by atoms with Crippen LogP contribution in [0.1, 0.15) is 61.3 Å². The number of hydroxylamine groups is 2. The summed E-state index contributed by atoms with van der Waals surface area (Å²) >= 11 is 0. The van der Waals surface area contributed by atoms with E-state index in [2.05, 4.69) is 20.8 Å². The molecule has 5 nitrogen and oxygen atoms in total. The maximum absolute atomic E-state index is 12.1. The number of rotatable bonds is 4. The number of carbonyl (C=O) groups is 3. The number of hydrogen-bond acceptors (Lipinski definition) is 4. The van der Waals surface area contributed by atoms with Gasteiger partial charge >= 0.3 is 5.97 Å². The summed E-state index contributed by atoms with van der Waals surface area (Å²) in [7, 11) is 0. The molecular weight excluding hydrogens is 282 g/mol. The molecule has 118 valence electrons. The summed E-state index contributed by atoms with van der Waals surface area (Å²) in [4.78, 5) is 41.1. The summed E-state index contributed by atoms with van der Waals surface area (Å²) in [5, 5.41) is 0.566. The van der Waals surface area contributed by atoms with Gasteiger partial charge in [-0.15, -0.1) is 0 Å². The number of hydrogen-bond donors (Lipinski definition) is 0. The summed E-state index contributed by atoms with van der Waals surface area (Å²) in [6.07, 6.45) is 1.02. The number of nitrogens with zero attached hydrogens (tertiary/aromatic N) is 1. The van der Waals surface area contributed by atoms with Gasteiger partial charge < -0.3 is 4.84 Å². The first-order valence-electron chi connectivity index (χ1n) is 7.37. The Morgan fingerprint density at radius 3 is 2.09 bits per heavy atom. The van der Waals surface area contributed by atoms with Crippen molar-refractivity contribution in [3.8, 4) is 0 Å². The van der Waals surface area contributed by atoms with Gasteiger partial charge in [0.15, 0.2) is 0 Å². The Kier molecular flexibility index (Phi) is 4.35. The average molecular weight is 303 g/mol. The monoisotopic (exact) mass is 303 g/mol. The topological polar surface area (TPSA) is 63.7 Å². The lowest BCUT2D eigenvalue weighted by atomic mass is 9.84. The average Bonchev–Trinajstić information content (AvgIpc) is 2.62. The first kappa shape index (κ1) is 16.2.